The Labute approximate surface area is 123 Å². The van der Waals surface area contributed by atoms with Crippen molar-refractivity contribution in [3.63, 3.8) is 0 Å². The van der Waals surface area contributed by atoms with E-state index in [1.807, 2.05) is 32.0 Å². The molecular formula is C15H20N2O4. The number of carbonyl (C=O) groups excluding carboxylic acids is 1. The predicted molar refractivity (Wildman–Crippen MR) is 78.5 cm³/mol. The molecule has 2 N–H and O–H groups in total. The molecule has 0 atom stereocenters. The number of nitrogens with one attached hydrogen (secondary N) is 1. The smallest absolute Gasteiger partial charge is 0.329 e. The summed E-state index contributed by atoms with van der Waals surface area (Å²) in [5.41, 5.74) is 2.36. The number of benzene rings is 1. The van der Waals surface area contributed by atoms with E-state index in [0.717, 1.165) is 16.8 Å². The van der Waals surface area contributed by atoms with Gasteiger partial charge in [-0.05, 0) is 32.4 Å². The van der Waals surface area contributed by atoms with Crippen molar-refractivity contribution in [3.8, 4) is 0 Å². The van der Waals surface area contributed by atoms with Crippen LogP contribution >= 0.6 is 0 Å². The number of likely N-dealkylation sites (tertiary alicyclic amines) is 1. The lowest BCUT2D eigenvalue weighted by molar-refractivity contribution is -0.159. The molecule has 1 fully saturated rings. The molecule has 1 aromatic rings. The van der Waals surface area contributed by atoms with Crippen LogP contribution in [0.2, 0.25) is 0 Å². The van der Waals surface area contributed by atoms with Crippen LogP contribution in [0.1, 0.15) is 18.1 Å². The maximum atomic E-state index is 12.1. The number of hydrogen-bond donors (Lipinski definition) is 2. The molecular weight excluding hydrogens is 272 g/mol. The Balaban J connectivity index is 1.87. The first-order chi connectivity index (χ1) is 9.79. The van der Waals surface area contributed by atoms with Gasteiger partial charge in [-0.1, -0.05) is 17.7 Å². The van der Waals surface area contributed by atoms with Crippen LogP contribution in [0.5, 0.6) is 0 Å². The minimum absolute atomic E-state index is 0.196. The predicted octanol–water partition coefficient (Wildman–Crippen LogP) is 2.01. The Bertz CT molecular complexity index is 565. The van der Waals surface area contributed by atoms with Gasteiger partial charge in [0.25, 0.3) is 0 Å². The lowest BCUT2D eigenvalue weighted by Crippen LogP contribution is -2.64. The molecule has 0 saturated carbocycles. The fourth-order valence-electron chi connectivity index (χ4n) is 2.38. The summed E-state index contributed by atoms with van der Waals surface area (Å²) in [7, 11) is 0. The van der Waals surface area contributed by atoms with Crippen LogP contribution in [0.3, 0.4) is 0 Å². The second-order valence-corrected chi connectivity index (χ2v) is 5.74. The molecule has 1 aliphatic heterocycles. The average molecular weight is 292 g/mol. The molecule has 1 heterocycles. The van der Waals surface area contributed by atoms with Gasteiger partial charge in [-0.25, -0.2) is 9.59 Å². The van der Waals surface area contributed by atoms with Gasteiger partial charge in [-0.3, -0.25) is 0 Å². The highest BCUT2D eigenvalue weighted by molar-refractivity contribution is 5.90. The second-order valence-electron chi connectivity index (χ2n) is 5.74. The normalized spacial score (nSPS) is 16.2. The third-order valence-electron chi connectivity index (χ3n) is 3.51. The van der Waals surface area contributed by atoms with Gasteiger partial charge >= 0.3 is 12.0 Å². The molecule has 6 heteroatoms. The Morgan fingerprint density at radius 3 is 2.62 bits per heavy atom. The SMILES string of the molecule is Cc1ccc(NC(=O)N2CC(C)(OCC(=O)O)C2)c(C)c1. The van der Waals surface area contributed by atoms with Crippen molar-refractivity contribution in [3.05, 3.63) is 29.3 Å². The Morgan fingerprint density at radius 2 is 2.05 bits per heavy atom. The molecule has 0 unspecified atom stereocenters. The summed E-state index contributed by atoms with van der Waals surface area (Å²) < 4.78 is 5.28. The molecule has 2 rings (SSSR count). The number of aliphatic carboxylic acids is 1. The van der Waals surface area contributed by atoms with E-state index in [1.54, 1.807) is 11.8 Å². The minimum Gasteiger partial charge on any atom is -0.480 e. The van der Waals surface area contributed by atoms with Crippen molar-refractivity contribution >= 4 is 17.7 Å². The van der Waals surface area contributed by atoms with Gasteiger partial charge < -0.3 is 20.1 Å². The van der Waals surface area contributed by atoms with Crippen molar-refractivity contribution < 1.29 is 19.4 Å². The van der Waals surface area contributed by atoms with Crippen LogP contribution < -0.4 is 5.32 Å². The zero-order valence-corrected chi connectivity index (χ0v) is 12.5. The van der Waals surface area contributed by atoms with E-state index < -0.39 is 11.6 Å². The first-order valence-corrected chi connectivity index (χ1v) is 6.78. The minimum atomic E-state index is -1.01. The lowest BCUT2D eigenvalue weighted by atomic mass is 9.97. The number of amides is 2. The molecule has 0 aliphatic carbocycles. The molecule has 0 spiro atoms. The monoisotopic (exact) mass is 292 g/mol. The number of carboxylic acid groups (broad SMARTS) is 1. The summed E-state index contributed by atoms with van der Waals surface area (Å²) in [6, 6.07) is 5.63. The molecule has 114 valence electrons. The zero-order chi connectivity index (χ0) is 15.6. The molecule has 1 aliphatic rings. The van der Waals surface area contributed by atoms with Gasteiger partial charge in [0.2, 0.25) is 0 Å². The van der Waals surface area contributed by atoms with E-state index in [0.29, 0.717) is 13.1 Å². The van der Waals surface area contributed by atoms with Crippen molar-refractivity contribution in [1.29, 1.82) is 0 Å². The maximum Gasteiger partial charge on any atom is 0.329 e. The Hall–Kier alpha value is -2.08. The number of ether oxygens (including phenoxy) is 1. The number of aryl methyl sites for hydroxylation is 2. The number of nitrogens with zero attached hydrogens (tertiary/aromatic N) is 1. The fourth-order valence-corrected chi connectivity index (χ4v) is 2.38. The van der Waals surface area contributed by atoms with E-state index >= 15 is 0 Å². The van der Waals surface area contributed by atoms with Crippen LogP contribution in [0.4, 0.5) is 10.5 Å². The van der Waals surface area contributed by atoms with E-state index in [4.69, 9.17) is 9.84 Å². The van der Waals surface area contributed by atoms with E-state index in [1.165, 1.54) is 0 Å². The maximum absolute atomic E-state index is 12.1. The molecule has 0 aromatic heterocycles. The second kappa shape index (κ2) is 5.73. The van der Waals surface area contributed by atoms with Crippen molar-refractivity contribution in [2.75, 3.05) is 25.0 Å². The van der Waals surface area contributed by atoms with Crippen LogP contribution in [-0.4, -0.2) is 47.3 Å². The van der Waals surface area contributed by atoms with Crippen molar-refractivity contribution in [2.24, 2.45) is 0 Å². The summed E-state index contributed by atoms with van der Waals surface area (Å²) in [5.74, 6) is -1.01. The van der Waals surface area contributed by atoms with E-state index in [9.17, 15) is 9.59 Å². The quantitative estimate of drug-likeness (QED) is 0.889. The molecule has 2 amide bonds. The van der Waals surface area contributed by atoms with E-state index in [-0.39, 0.29) is 12.6 Å². The lowest BCUT2D eigenvalue weighted by Gasteiger charge is -2.47. The molecule has 0 bridgehead atoms. The number of carboxylic acids is 1. The highest BCUT2D eigenvalue weighted by Crippen LogP contribution is 2.26. The van der Waals surface area contributed by atoms with Gasteiger partial charge in [-0.2, -0.15) is 0 Å². The van der Waals surface area contributed by atoms with Gasteiger partial charge in [-0.15, -0.1) is 0 Å². The summed E-state index contributed by atoms with van der Waals surface area (Å²) in [6.07, 6.45) is 0. The average Bonchev–Trinajstić information content (AvgIpc) is 2.36. The van der Waals surface area contributed by atoms with Crippen molar-refractivity contribution in [2.45, 2.75) is 26.4 Å². The zero-order valence-electron chi connectivity index (χ0n) is 12.5. The standard InChI is InChI=1S/C15H20N2O4/c1-10-4-5-12(11(2)6-10)16-14(20)17-8-15(3,9-17)21-7-13(18)19/h4-6H,7-9H2,1-3H3,(H,16,20)(H,18,19). The van der Waals surface area contributed by atoms with Gasteiger partial charge in [0.05, 0.1) is 13.1 Å². The number of anilines is 1. The van der Waals surface area contributed by atoms with Crippen LogP contribution in [-0.2, 0) is 9.53 Å². The van der Waals surface area contributed by atoms with Crippen LogP contribution in [0.25, 0.3) is 0 Å². The Kier molecular flexibility index (Phi) is 4.18. The third kappa shape index (κ3) is 3.72. The highest BCUT2D eigenvalue weighted by Gasteiger charge is 2.42. The summed E-state index contributed by atoms with van der Waals surface area (Å²) in [4.78, 5) is 24.2. The van der Waals surface area contributed by atoms with E-state index in [2.05, 4.69) is 5.32 Å². The van der Waals surface area contributed by atoms with Crippen molar-refractivity contribution in [1.82, 2.24) is 4.90 Å². The number of urea groups is 1. The van der Waals surface area contributed by atoms with Gasteiger partial charge in [0.15, 0.2) is 0 Å². The fraction of sp³-hybridized carbons (Fsp3) is 0.467. The van der Waals surface area contributed by atoms with Gasteiger partial charge in [0.1, 0.15) is 12.2 Å². The molecule has 1 aromatic carbocycles. The molecule has 6 nitrogen and oxygen atoms in total. The number of hydrogen-bond acceptors (Lipinski definition) is 3. The summed E-state index contributed by atoms with van der Waals surface area (Å²) in [6.45, 7) is 6.17. The van der Waals surface area contributed by atoms with Crippen LogP contribution in [0.15, 0.2) is 18.2 Å². The molecule has 1 saturated heterocycles. The molecule has 0 radical (unpaired) electrons. The number of carbonyl (C=O) groups is 2. The first kappa shape index (κ1) is 15.3. The molecule has 21 heavy (non-hydrogen) atoms. The topological polar surface area (TPSA) is 78.9 Å². The highest BCUT2D eigenvalue weighted by atomic mass is 16.5. The third-order valence-corrected chi connectivity index (χ3v) is 3.51. The van der Waals surface area contributed by atoms with Crippen LogP contribution in [0, 0.1) is 13.8 Å². The summed E-state index contributed by atoms with van der Waals surface area (Å²) >= 11 is 0. The van der Waals surface area contributed by atoms with Gasteiger partial charge in [0, 0.05) is 5.69 Å². The Morgan fingerprint density at radius 1 is 1.38 bits per heavy atom. The first-order valence-electron chi connectivity index (χ1n) is 6.78. The number of rotatable bonds is 4. The summed E-state index contributed by atoms with van der Waals surface area (Å²) in [5, 5.41) is 11.5. The largest absolute Gasteiger partial charge is 0.480 e.